The Morgan fingerprint density at radius 3 is 2.27 bits per heavy atom. The first-order chi connectivity index (χ1) is 18.1. The van der Waals surface area contributed by atoms with E-state index in [9.17, 15) is 9.59 Å². The summed E-state index contributed by atoms with van der Waals surface area (Å²) in [6.07, 6.45) is 3.26. The molecule has 0 unspecified atom stereocenters. The first-order valence-corrected chi connectivity index (χ1v) is 12.8. The van der Waals surface area contributed by atoms with Gasteiger partial charge in [0.15, 0.2) is 5.11 Å². The van der Waals surface area contributed by atoms with Gasteiger partial charge in [-0.15, -0.1) is 11.8 Å². The fourth-order valence-corrected chi connectivity index (χ4v) is 4.90. The molecule has 0 bridgehead atoms. The Kier molecular flexibility index (Phi) is 7.39. The van der Waals surface area contributed by atoms with Gasteiger partial charge in [-0.3, -0.25) is 19.8 Å². The average molecular weight is 524 g/mol. The highest BCUT2D eigenvalue weighted by Gasteiger charge is 2.34. The van der Waals surface area contributed by atoms with E-state index in [4.69, 9.17) is 17.0 Å². The SMILES string of the molecule is O=C1NC(=S)N(c2ccc(Oc3ccccc3)cc2)C(=O)/C1=C/c1cccnc1SCc1ccccc1. The summed E-state index contributed by atoms with van der Waals surface area (Å²) in [6, 6.07) is 30.0. The molecular weight excluding hydrogens is 502 g/mol. The first kappa shape index (κ1) is 24.4. The number of amides is 2. The van der Waals surface area contributed by atoms with Crippen LogP contribution in [-0.4, -0.2) is 21.9 Å². The van der Waals surface area contributed by atoms with Crippen LogP contribution in [0.4, 0.5) is 5.69 Å². The molecule has 182 valence electrons. The Hall–Kier alpha value is -4.27. The Morgan fingerprint density at radius 2 is 1.54 bits per heavy atom. The van der Waals surface area contributed by atoms with Gasteiger partial charge in [0, 0.05) is 17.5 Å². The van der Waals surface area contributed by atoms with Crippen LogP contribution >= 0.6 is 24.0 Å². The maximum atomic E-state index is 13.5. The second-order valence-electron chi connectivity index (χ2n) is 8.04. The third-order valence-electron chi connectivity index (χ3n) is 5.49. The normalized spacial score (nSPS) is 14.5. The van der Waals surface area contributed by atoms with Crippen LogP contribution in [0.3, 0.4) is 0 Å². The first-order valence-electron chi connectivity index (χ1n) is 11.4. The minimum atomic E-state index is -0.543. The number of anilines is 1. The predicted molar refractivity (Wildman–Crippen MR) is 149 cm³/mol. The summed E-state index contributed by atoms with van der Waals surface area (Å²) in [7, 11) is 0. The maximum Gasteiger partial charge on any atom is 0.270 e. The second kappa shape index (κ2) is 11.2. The quantitative estimate of drug-likeness (QED) is 0.139. The number of hydrogen-bond donors (Lipinski definition) is 1. The van der Waals surface area contributed by atoms with Gasteiger partial charge in [-0.05, 0) is 66.3 Å². The Balaban J connectivity index is 1.38. The van der Waals surface area contributed by atoms with E-state index in [2.05, 4.69) is 10.3 Å². The molecular formula is C29H21N3O3S2. The molecule has 8 heteroatoms. The summed E-state index contributed by atoms with van der Waals surface area (Å²) in [4.78, 5) is 32.0. The number of para-hydroxylation sites is 1. The zero-order valence-corrected chi connectivity index (χ0v) is 21.2. The highest BCUT2D eigenvalue weighted by Crippen LogP contribution is 2.29. The molecule has 4 aromatic rings. The van der Waals surface area contributed by atoms with Crippen molar-refractivity contribution in [1.82, 2.24) is 10.3 Å². The van der Waals surface area contributed by atoms with Gasteiger partial charge in [-0.1, -0.05) is 54.6 Å². The third kappa shape index (κ3) is 5.77. The zero-order chi connectivity index (χ0) is 25.6. The number of nitrogens with zero attached hydrogens (tertiary/aromatic N) is 2. The molecule has 1 fully saturated rings. The molecule has 1 aliphatic rings. The van der Waals surface area contributed by atoms with Gasteiger partial charge in [-0.2, -0.15) is 0 Å². The lowest BCUT2D eigenvalue weighted by Crippen LogP contribution is -2.54. The van der Waals surface area contributed by atoms with Crippen LogP contribution in [-0.2, 0) is 15.3 Å². The molecule has 1 aliphatic heterocycles. The number of benzene rings is 3. The minimum Gasteiger partial charge on any atom is -0.457 e. The summed E-state index contributed by atoms with van der Waals surface area (Å²) in [5, 5.41) is 3.38. The van der Waals surface area contributed by atoms with E-state index in [0.717, 1.165) is 10.6 Å². The highest BCUT2D eigenvalue weighted by atomic mass is 32.2. The van der Waals surface area contributed by atoms with Crippen molar-refractivity contribution >= 4 is 52.7 Å². The third-order valence-corrected chi connectivity index (χ3v) is 6.87. The van der Waals surface area contributed by atoms with E-state index < -0.39 is 11.8 Å². The van der Waals surface area contributed by atoms with Crippen molar-refractivity contribution in [2.24, 2.45) is 0 Å². The van der Waals surface area contributed by atoms with Gasteiger partial charge in [-0.25, -0.2) is 4.98 Å². The fourth-order valence-electron chi connectivity index (χ4n) is 3.69. The Morgan fingerprint density at radius 1 is 0.865 bits per heavy atom. The molecule has 1 aromatic heterocycles. The number of pyridine rings is 1. The predicted octanol–water partition coefficient (Wildman–Crippen LogP) is 6.00. The van der Waals surface area contributed by atoms with Crippen molar-refractivity contribution in [2.45, 2.75) is 10.8 Å². The molecule has 0 radical (unpaired) electrons. The molecule has 1 saturated heterocycles. The summed E-state index contributed by atoms with van der Waals surface area (Å²) < 4.78 is 5.83. The van der Waals surface area contributed by atoms with Gasteiger partial charge in [0.25, 0.3) is 11.8 Å². The number of carbonyl (C=O) groups excluding carboxylic acids is 2. The lowest BCUT2D eigenvalue weighted by Gasteiger charge is -2.29. The summed E-state index contributed by atoms with van der Waals surface area (Å²) in [5.41, 5.74) is 2.33. The smallest absolute Gasteiger partial charge is 0.270 e. The summed E-state index contributed by atoms with van der Waals surface area (Å²) in [6.45, 7) is 0. The summed E-state index contributed by atoms with van der Waals surface area (Å²) >= 11 is 6.88. The molecule has 0 atom stereocenters. The molecule has 0 saturated carbocycles. The molecule has 2 heterocycles. The number of thioether (sulfide) groups is 1. The molecule has 5 rings (SSSR count). The van der Waals surface area contributed by atoms with E-state index in [1.165, 1.54) is 16.7 Å². The van der Waals surface area contributed by atoms with Crippen LogP contribution in [0.25, 0.3) is 6.08 Å². The lowest BCUT2D eigenvalue weighted by atomic mass is 10.1. The topological polar surface area (TPSA) is 71.5 Å². The lowest BCUT2D eigenvalue weighted by molar-refractivity contribution is -0.122. The zero-order valence-electron chi connectivity index (χ0n) is 19.5. The fraction of sp³-hybridized carbons (Fsp3) is 0.0345. The molecule has 1 N–H and O–H groups in total. The molecule has 6 nitrogen and oxygen atoms in total. The van der Waals surface area contributed by atoms with Gasteiger partial charge in [0.2, 0.25) is 0 Å². The van der Waals surface area contributed by atoms with E-state index in [0.29, 0.717) is 28.5 Å². The van der Waals surface area contributed by atoms with Crippen LogP contribution in [0.1, 0.15) is 11.1 Å². The monoisotopic (exact) mass is 523 g/mol. The second-order valence-corrected chi connectivity index (χ2v) is 9.39. The standard InChI is InChI=1S/C29H21N3O3S2/c33-26-25(18-21-10-7-17-30-27(21)37-19-20-8-3-1-4-9-20)28(34)32(29(36)31-26)22-13-15-24(16-14-22)35-23-11-5-2-6-12-23/h1-18H,19H2,(H,31,33,36)/b25-18+. The minimum absolute atomic E-state index is 0.0206. The average Bonchev–Trinajstić information content (AvgIpc) is 2.92. The largest absolute Gasteiger partial charge is 0.457 e. The van der Waals surface area contributed by atoms with Crippen molar-refractivity contribution in [2.75, 3.05) is 4.90 Å². The maximum absolute atomic E-state index is 13.5. The molecule has 2 amide bonds. The highest BCUT2D eigenvalue weighted by molar-refractivity contribution is 7.98. The number of hydrogen-bond acceptors (Lipinski definition) is 6. The molecule has 0 spiro atoms. The van der Waals surface area contributed by atoms with Gasteiger partial charge in [0.1, 0.15) is 22.1 Å². The van der Waals surface area contributed by atoms with Crippen molar-refractivity contribution in [3.63, 3.8) is 0 Å². The number of ether oxygens (including phenoxy) is 1. The van der Waals surface area contributed by atoms with Crippen molar-refractivity contribution in [1.29, 1.82) is 0 Å². The Labute approximate surface area is 224 Å². The number of aromatic nitrogens is 1. The van der Waals surface area contributed by atoms with Crippen molar-refractivity contribution in [3.8, 4) is 11.5 Å². The van der Waals surface area contributed by atoms with Gasteiger partial charge < -0.3 is 4.74 Å². The van der Waals surface area contributed by atoms with E-state index >= 15 is 0 Å². The van der Waals surface area contributed by atoms with Crippen LogP contribution in [0.2, 0.25) is 0 Å². The van der Waals surface area contributed by atoms with Crippen molar-refractivity contribution in [3.05, 3.63) is 120 Å². The van der Waals surface area contributed by atoms with E-state index in [1.54, 1.807) is 42.6 Å². The summed E-state index contributed by atoms with van der Waals surface area (Å²) in [5.74, 6) is 0.976. The molecule has 0 aliphatic carbocycles. The number of nitrogens with one attached hydrogen (secondary N) is 1. The van der Waals surface area contributed by atoms with E-state index in [1.807, 2.05) is 66.7 Å². The number of carbonyl (C=O) groups is 2. The van der Waals surface area contributed by atoms with Gasteiger partial charge in [0.05, 0.1) is 5.69 Å². The van der Waals surface area contributed by atoms with Crippen molar-refractivity contribution < 1.29 is 14.3 Å². The van der Waals surface area contributed by atoms with Gasteiger partial charge >= 0.3 is 0 Å². The number of rotatable bonds is 7. The number of thiocarbonyl (C=S) groups is 1. The van der Waals surface area contributed by atoms with Crippen LogP contribution < -0.4 is 15.0 Å². The molecule has 3 aromatic carbocycles. The van der Waals surface area contributed by atoms with E-state index in [-0.39, 0.29) is 10.7 Å². The van der Waals surface area contributed by atoms with Crippen LogP contribution in [0.15, 0.2) is 114 Å². The Bertz CT molecular complexity index is 1470. The van der Waals surface area contributed by atoms with Crippen LogP contribution in [0.5, 0.6) is 11.5 Å². The molecule has 37 heavy (non-hydrogen) atoms. The van der Waals surface area contributed by atoms with Crippen LogP contribution in [0, 0.1) is 0 Å².